The van der Waals surface area contributed by atoms with Crippen molar-refractivity contribution < 1.29 is 29.1 Å². The number of carbonyl (C=O) groups excluding carboxylic acids is 1. The Bertz CT molecular complexity index is 1500. The number of rotatable bonds is 6. The first-order valence-electron chi connectivity index (χ1n) is 12.3. The third-order valence-electron chi connectivity index (χ3n) is 6.34. The maximum Gasteiger partial charge on any atom is 0.503 e. The van der Waals surface area contributed by atoms with E-state index >= 15 is 0 Å². The van der Waals surface area contributed by atoms with Gasteiger partial charge in [-0.05, 0) is 55.4 Å². The first-order chi connectivity index (χ1) is 18.8. The number of amides is 1. The molecule has 0 unspecified atom stereocenters. The fourth-order valence-corrected chi connectivity index (χ4v) is 4.21. The van der Waals surface area contributed by atoms with E-state index in [0.717, 1.165) is 22.6 Å². The van der Waals surface area contributed by atoms with Gasteiger partial charge in [0.25, 0.3) is 0 Å². The molecule has 0 aliphatic heterocycles. The van der Waals surface area contributed by atoms with Crippen LogP contribution < -0.4 is 5.32 Å². The van der Waals surface area contributed by atoms with E-state index in [1.807, 2.05) is 24.3 Å². The van der Waals surface area contributed by atoms with E-state index in [2.05, 4.69) is 40.8 Å². The van der Waals surface area contributed by atoms with Crippen molar-refractivity contribution in [3.8, 4) is 28.5 Å². The van der Waals surface area contributed by atoms with Gasteiger partial charge in [-0.1, -0.05) is 71.9 Å². The van der Waals surface area contributed by atoms with Crippen LogP contribution in [0.2, 0.25) is 0 Å². The SMILES string of the molecule is Cc1onc(-c2ccc(-c3ccc(C4CC4)cc3)cc2)c1NC(=O)O[C@H](C)c1ccccc1C#N.O=C(O)O. The normalized spacial score (nSPS) is 12.8. The van der Waals surface area contributed by atoms with Crippen LogP contribution in [0.3, 0.4) is 0 Å². The van der Waals surface area contributed by atoms with E-state index in [0.29, 0.717) is 28.3 Å². The zero-order valence-corrected chi connectivity index (χ0v) is 21.4. The van der Waals surface area contributed by atoms with Crippen molar-refractivity contribution in [2.75, 3.05) is 5.32 Å². The van der Waals surface area contributed by atoms with Crippen LogP contribution in [0, 0.1) is 18.3 Å². The molecule has 4 aromatic rings. The number of anilines is 1. The summed E-state index contributed by atoms with van der Waals surface area (Å²) in [6.07, 6.45) is -0.493. The molecule has 1 aromatic heterocycles. The number of benzene rings is 3. The summed E-state index contributed by atoms with van der Waals surface area (Å²) in [4.78, 5) is 21.2. The van der Waals surface area contributed by atoms with Gasteiger partial charge < -0.3 is 19.5 Å². The van der Waals surface area contributed by atoms with E-state index in [4.69, 9.17) is 24.3 Å². The molecule has 1 atom stereocenters. The van der Waals surface area contributed by atoms with Crippen LogP contribution in [0.4, 0.5) is 15.3 Å². The van der Waals surface area contributed by atoms with E-state index in [1.54, 1.807) is 38.1 Å². The molecule has 0 spiro atoms. The summed E-state index contributed by atoms with van der Waals surface area (Å²) in [5.41, 5.74) is 6.60. The van der Waals surface area contributed by atoms with Crippen molar-refractivity contribution in [3.05, 3.63) is 95.2 Å². The molecule has 1 heterocycles. The van der Waals surface area contributed by atoms with Crippen molar-refractivity contribution in [2.45, 2.75) is 38.7 Å². The molecule has 1 aliphatic rings. The third-order valence-corrected chi connectivity index (χ3v) is 6.34. The summed E-state index contributed by atoms with van der Waals surface area (Å²) >= 11 is 0. The number of hydrogen-bond acceptors (Lipinski definition) is 6. The molecule has 0 bridgehead atoms. The number of carboxylic acid groups (broad SMARTS) is 2. The van der Waals surface area contributed by atoms with Crippen LogP contribution in [-0.2, 0) is 4.74 Å². The van der Waals surface area contributed by atoms with Crippen molar-refractivity contribution in [1.82, 2.24) is 5.16 Å². The number of nitrogens with one attached hydrogen (secondary N) is 1. The molecule has 0 radical (unpaired) electrons. The molecule has 1 amide bonds. The summed E-state index contributed by atoms with van der Waals surface area (Å²) in [6, 6.07) is 25.9. The fourth-order valence-electron chi connectivity index (χ4n) is 4.21. The van der Waals surface area contributed by atoms with Gasteiger partial charge in [0.05, 0.1) is 11.6 Å². The Balaban J connectivity index is 0.000000826. The Morgan fingerprint density at radius 1 is 1.00 bits per heavy atom. The molecule has 198 valence electrons. The van der Waals surface area contributed by atoms with Gasteiger partial charge in [0.1, 0.15) is 17.5 Å². The number of nitriles is 1. The quantitative estimate of drug-likeness (QED) is 0.233. The second-order valence-electron chi connectivity index (χ2n) is 9.09. The van der Waals surface area contributed by atoms with Crippen molar-refractivity contribution in [3.63, 3.8) is 0 Å². The molecule has 9 heteroatoms. The predicted molar refractivity (Wildman–Crippen MR) is 144 cm³/mol. The molecule has 3 N–H and O–H groups in total. The summed E-state index contributed by atoms with van der Waals surface area (Å²) in [6.45, 7) is 3.46. The highest BCUT2D eigenvalue weighted by molar-refractivity contribution is 5.91. The minimum Gasteiger partial charge on any atom is -0.450 e. The Hall–Kier alpha value is -5.10. The second kappa shape index (κ2) is 12.0. The van der Waals surface area contributed by atoms with Gasteiger partial charge in [-0.15, -0.1) is 0 Å². The Morgan fingerprint density at radius 2 is 1.56 bits per heavy atom. The molecule has 0 saturated heterocycles. The van der Waals surface area contributed by atoms with Gasteiger partial charge in [0, 0.05) is 11.1 Å². The Morgan fingerprint density at radius 3 is 2.15 bits per heavy atom. The van der Waals surface area contributed by atoms with Crippen LogP contribution >= 0.6 is 0 Å². The van der Waals surface area contributed by atoms with Crippen LogP contribution in [0.1, 0.15) is 54.2 Å². The lowest BCUT2D eigenvalue weighted by molar-refractivity contribution is 0.121. The number of hydrogen-bond donors (Lipinski definition) is 3. The molecule has 5 rings (SSSR count). The van der Waals surface area contributed by atoms with Crippen LogP contribution in [0.15, 0.2) is 77.3 Å². The minimum absolute atomic E-state index is 0.456. The van der Waals surface area contributed by atoms with Gasteiger partial charge in [0.2, 0.25) is 0 Å². The second-order valence-corrected chi connectivity index (χ2v) is 9.09. The van der Waals surface area contributed by atoms with E-state index in [1.165, 1.54) is 18.4 Å². The number of nitrogens with zero attached hydrogens (tertiary/aromatic N) is 2. The summed E-state index contributed by atoms with van der Waals surface area (Å²) in [5, 5.41) is 30.2. The standard InChI is InChI=1S/C29H25N3O3.CH2O3/c1-18(26-6-4-3-5-25(26)17-30)34-29(33)31-27-19(2)35-32-28(27)24-15-13-23(14-16-24)22-11-9-21(10-12-22)20-7-8-20;2-1(3)4/h3-6,9-16,18,20H,7-8H2,1-2H3,(H,31,33);(H2,2,3,4)/t18-;/m1./s1. The summed E-state index contributed by atoms with van der Waals surface area (Å²) < 4.78 is 10.9. The molecule has 39 heavy (non-hydrogen) atoms. The number of ether oxygens (including phenoxy) is 1. The first-order valence-corrected chi connectivity index (χ1v) is 12.3. The highest BCUT2D eigenvalue weighted by Crippen LogP contribution is 2.40. The number of aryl methyl sites for hydroxylation is 1. The lowest BCUT2D eigenvalue weighted by atomic mass is 10.00. The third kappa shape index (κ3) is 6.81. The predicted octanol–water partition coefficient (Wildman–Crippen LogP) is 7.60. The van der Waals surface area contributed by atoms with E-state index < -0.39 is 18.4 Å². The average Bonchev–Trinajstić information content (AvgIpc) is 3.72. The van der Waals surface area contributed by atoms with E-state index in [-0.39, 0.29) is 0 Å². The topological polar surface area (TPSA) is 146 Å². The molecular weight excluding hydrogens is 498 g/mol. The minimum atomic E-state index is -1.83. The zero-order valence-electron chi connectivity index (χ0n) is 21.4. The van der Waals surface area contributed by atoms with Gasteiger partial charge in [-0.25, -0.2) is 9.59 Å². The molecule has 9 nitrogen and oxygen atoms in total. The van der Waals surface area contributed by atoms with Crippen LogP contribution in [-0.4, -0.2) is 27.6 Å². The smallest absolute Gasteiger partial charge is 0.450 e. The largest absolute Gasteiger partial charge is 0.503 e. The lowest BCUT2D eigenvalue weighted by Crippen LogP contribution is -2.17. The van der Waals surface area contributed by atoms with Gasteiger partial charge in [0.15, 0.2) is 5.76 Å². The number of carbonyl (C=O) groups is 2. The first kappa shape index (κ1) is 26.9. The lowest BCUT2D eigenvalue weighted by Gasteiger charge is -2.15. The summed E-state index contributed by atoms with van der Waals surface area (Å²) in [7, 11) is 0. The number of aromatic nitrogens is 1. The summed E-state index contributed by atoms with van der Waals surface area (Å²) in [5.74, 6) is 1.21. The van der Waals surface area contributed by atoms with Crippen molar-refractivity contribution in [2.24, 2.45) is 0 Å². The van der Waals surface area contributed by atoms with Crippen LogP contribution in [0.25, 0.3) is 22.4 Å². The highest BCUT2D eigenvalue weighted by Gasteiger charge is 2.23. The van der Waals surface area contributed by atoms with Gasteiger partial charge in [-0.3, -0.25) is 5.32 Å². The van der Waals surface area contributed by atoms with E-state index in [9.17, 15) is 10.1 Å². The zero-order chi connectivity index (χ0) is 27.9. The van der Waals surface area contributed by atoms with Gasteiger partial charge in [-0.2, -0.15) is 5.26 Å². The maximum atomic E-state index is 12.7. The van der Waals surface area contributed by atoms with Crippen molar-refractivity contribution >= 4 is 17.9 Å². The monoisotopic (exact) mass is 525 g/mol. The highest BCUT2D eigenvalue weighted by atomic mass is 16.6. The molecule has 3 aromatic carbocycles. The average molecular weight is 526 g/mol. The van der Waals surface area contributed by atoms with Crippen LogP contribution in [0.5, 0.6) is 0 Å². The molecule has 1 aliphatic carbocycles. The van der Waals surface area contributed by atoms with Crippen molar-refractivity contribution in [1.29, 1.82) is 5.26 Å². The Labute approximate surface area is 225 Å². The van der Waals surface area contributed by atoms with Gasteiger partial charge >= 0.3 is 12.2 Å². The molecule has 1 fully saturated rings. The Kier molecular flexibility index (Phi) is 8.27. The molecule has 1 saturated carbocycles. The fraction of sp³-hybridized carbons (Fsp3) is 0.200. The molecular formula is C30H27N3O6. The maximum absolute atomic E-state index is 12.7.